The van der Waals surface area contributed by atoms with Crippen LogP contribution in [0.2, 0.25) is 0 Å². The van der Waals surface area contributed by atoms with Gasteiger partial charge in [0, 0.05) is 11.8 Å². The van der Waals surface area contributed by atoms with E-state index in [1.807, 2.05) is 12.1 Å². The van der Waals surface area contributed by atoms with Gasteiger partial charge in [-0.05, 0) is 37.3 Å². The highest BCUT2D eigenvalue weighted by Crippen LogP contribution is 2.28. The minimum Gasteiger partial charge on any atom is -0.346 e. The Morgan fingerprint density at radius 1 is 1.19 bits per heavy atom. The first kappa shape index (κ1) is 16.8. The van der Waals surface area contributed by atoms with Crippen LogP contribution >= 0.6 is 0 Å². The zero-order chi connectivity index (χ0) is 18.8. The van der Waals surface area contributed by atoms with Gasteiger partial charge in [0.05, 0.1) is 34.6 Å². The van der Waals surface area contributed by atoms with E-state index in [9.17, 15) is 9.18 Å². The molecule has 0 saturated carbocycles. The molecule has 0 bridgehead atoms. The lowest BCUT2D eigenvalue weighted by atomic mass is 10.0. The van der Waals surface area contributed by atoms with E-state index in [0.717, 1.165) is 5.69 Å². The fraction of sp³-hybridized carbons (Fsp3) is 0.100. The number of hydrogen-bond acceptors (Lipinski definition) is 5. The van der Waals surface area contributed by atoms with Crippen LogP contribution in [0, 0.1) is 12.7 Å². The molecule has 4 rings (SSSR count). The number of pyridine rings is 2. The Hall–Kier alpha value is -3.61. The fourth-order valence-electron chi connectivity index (χ4n) is 2.85. The summed E-state index contributed by atoms with van der Waals surface area (Å²) in [6.45, 7) is 1.99. The highest BCUT2D eigenvalue weighted by atomic mass is 19.1. The van der Waals surface area contributed by atoms with E-state index in [-0.39, 0.29) is 23.7 Å². The molecule has 0 aliphatic carbocycles. The van der Waals surface area contributed by atoms with Gasteiger partial charge in [-0.2, -0.15) is 0 Å². The van der Waals surface area contributed by atoms with Crippen LogP contribution in [-0.4, -0.2) is 21.0 Å². The van der Waals surface area contributed by atoms with Crippen molar-refractivity contribution in [2.75, 3.05) is 0 Å². The van der Waals surface area contributed by atoms with Gasteiger partial charge in [-0.15, -0.1) is 0 Å². The number of hydrogen-bond donors (Lipinski definition) is 1. The lowest BCUT2D eigenvalue weighted by molar-refractivity contribution is 0.0952. The van der Waals surface area contributed by atoms with E-state index in [1.54, 1.807) is 43.5 Å². The fourth-order valence-corrected chi connectivity index (χ4v) is 2.85. The Bertz CT molecular complexity index is 1130. The molecule has 3 aromatic heterocycles. The molecule has 6 nitrogen and oxygen atoms in total. The molecule has 0 aliphatic heterocycles. The van der Waals surface area contributed by atoms with Crippen molar-refractivity contribution in [1.29, 1.82) is 0 Å². The Kier molecular flexibility index (Phi) is 4.33. The van der Waals surface area contributed by atoms with Gasteiger partial charge in [0.25, 0.3) is 11.6 Å². The van der Waals surface area contributed by atoms with Crippen LogP contribution in [-0.2, 0) is 6.54 Å². The average Bonchev–Trinajstić information content (AvgIpc) is 3.07. The molecule has 0 spiro atoms. The van der Waals surface area contributed by atoms with Crippen LogP contribution in [0.5, 0.6) is 0 Å². The first-order chi connectivity index (χ1) is 13.1. The maximum Gasteiger partial charge on any atom is 0.259 e. The molecule has 0 unspecified atom stereocenters. The largest absolute Gasteiger partial charge is 0.346 e. The van der Waals surface area contributed by atoms with E-state index in [2.05, 4.69) is 20.4 Å². The summed E-state index contributed by atoms with van der Waals surface area (Å²) in [6, 6.07) is 13.3. The minimum absolute atomic E-state index is 0.191. The number of carbonyl (C=O) groups excluding carboxylic acids is 1. The van der Waals surface area contributed by atoms with Gasteiger partial charge < -0.3 is 9.84 Å². The van der Waals surface area contributed by atoms with Crippen LogP contribution in [0.15, 0.2) is 59.3 Å². The van der Waals surface area contributed by atoms with Crippen LogP contribution in [0.25, 0.3) is 22.4 Å². The number of carbonyl (C=O) groups is 1. The minimum atomic E-state index is -0.430. The van der Waals surface area contributed by atoms with Crippen LogP contribution in [0.1, 0.15) is 21.7 Å². The van der Waals surface area contributed by atoms with Crippen LogP contribution in [0.3, 0.4) is 0 Å². The second kappa shape index (κ2) is 6.95. The highest BCUT2D eigenvalue weighted by molar-refractivity contribution is 6.06. The van der Waals surface area contributed by atoms with Gasteiger partial charge in [-0.25, -0.2) is 9.37 Å². The van der Waals surface area contributed by atoms with Crippen molar-refractivity contribution in [1.82, 2.24) is 20.4 Å². The summed E-state index contributed by atoms with van der Waals surface area (Å²) in [6.07, 6.45) is 1.66. The summed E-state index contributed by atoms with van der Waals surface area (Å²) < 4.78 is 19.4. The third kappa shape index (κ3) is 3.27. The Morgan fingerprint density at radius 3 is 2.78 bits per heavy atom. The summed E-state index contributed by atoms with van der Waals surface area (Å²) in [5, 5.41) is 7.22. The number of aryl methyl sites for hydroxylation is 1. The second-order valence-corrected chi connectivity index (χ2v) is 5.99. The first-order valence-corrected chi connectivity index (χ1v) is 8.33. The molecule has 0 fully saturated rings. The van der Waals surface area contributed by atoms with Crippen molar-refractivity contribution in [3.8, 4) is 11.3 Å². The molecule has 4 aromatic rings. The highest BCUT2D eigenvalue weighted by Gasteiger charge is 2.20. The SMILES string of the molecule is Cc1noc2nc(-c3ccccc3F)cc(C(=O)NCc3ccccn3)c12. The number of halogens is 1. The summed E-state index contributed by atoms with van der Waals surface area (Å²) in [7, 11) is 0. The summed E-state index contributed by atoms with van der Waals surface area (Å²) in [5.74, 6) is -0.766. The molecule has 0 atom stereocenters. The number of nitrogens with zero attached hydrogens (tertiary/aromatic N) is 3. The van der Waals surface area contributed by atoms with Gasteiger partial charge in [0.2, 0.25) is 0 Å². The molecule has 0 saturated heterocycles. The number of fused-ring (bicyclic) bond motifs is 1. The monoisotopic (exact) mass is 362 g/mol. The van der Waals surface area contributed by atoms with Crippen LogP contribution < -0.4 is 5.32 Å². The van der Waals surface area contributed by atoms with Crippen molar-refractivity contribution in [3.63, 3.8) is 0 Å². The molecule has 0 radical (unpaired) electrons. The van der Waals surface area contributed by atoms with Crippen molar-refractivity contribution in [2.24, 2.45) is 0 Å². The molecular weight excluding hydrogens is 347 g/mol. The Balaban J connectivity index is 1.75. The van der Waals surface area contributed by atoms with Gasteiger partial charge in [0.15, 0.2) is 0 Å². The number of nitrogens with one attached hydrogen (secondary N) is 1. The number of benzene rings is 1. The molecule has 27 heavy (non-hydrogen) atoms. The van der Waals surface area contributed by atoms with Gasteiger partial charge in [-0.1, -0.05) is 23.4 Å². The molecule has 3 heterocycles. The smallest absolute Gasteiger partial charge is 0.259 e. The Labute approximate surface area is 154 Å². The molecule has 1 amide bonds. The molecule has 7 heteroatoms. The first-order valence-electron chi connectivity index (χ1n) is 8.33. The van der Waals surface area contributed by atoms with Crippen LogP contribution in [0.4, 0.5) is 4.39 Å². The zero-order valence-corrected chi connectivity index (χ0v) is 14.4. The third-order valence-corrected chi connectivity index (χ3v) is 4.17. The maximum atomic E-state index is 14.2. The molecule has 1 N–H and O–H groups in total. The van der Waals surface area contributed by atoms with Crippen molar-refractivity contribution in [2.45, 2.75) is 13.5 Å². The third-order valence-electron chi connectivity index (χ3n) is 4.17. The van der Waals surface area contributed by atoms with E-state index < -0.39 is 5.82 Å². The van der Waals surface area contributed by atoms with Gasteiger partial charge in [0.1, 0.15) is 5.82 Å². The topological polar surface area (TPSA) is 80.9 Å². The Morgan fingerprint density at radius 2 is 2.00 bits per heavy atom. The molecule has 1 aromatic carbocycles. The molecular formula is C20H15FN4O2. The summed E-state index contributed by atoms with van der Waals surface area (Å²) in [4.78, 5) is 21.3. The summed E-state index contributed by atoms with van der Waals surface area (Å²) >= 11 is 0. The predicted octanol–water partition coefficient (Wildman–Crippen LogP) is 3.66. The van der Waals surface area contributed by atoms with Crippen molar-refractivity contribution >= 4 is 17.0 Å². The number of amides is 1. The molecule has 0 aliphatic rings. The molecule has 134 valence electrons. The standard InChI is InChI=1S/C20H15FN4O2/c1-12-18-15(19(26)23-11-13-6-4-5-9-22-13)10-17(24-20(18)27-25-12)14-7-2-3-8-16(14)21/h2-10H,11H2,1H3,(H,23,26). The lowest BCUT2D eigenvalue weighted by Gasteiger charge is -2.08. The van der Waals surface area contributed by atoms with Crippen molar-refractivity contribution < 1.29 is 13.7 Å². The van der Waals surface area contributed by atoms with E-state index in [0.29, 0.717) is 22.3 Å². The predicted molar refractivity (Wildman–Crippen MR) is 97.3 cm³/mol. The number of rotatable bonds is 4. The van der Waals surface area contributed by atoms with E-state index in [4.69, 9.17) is 4.52 Å². The zero-order valence-electron chi connectivity index (χ0n) is 14.4. The van der Waals surface area contributed by atoms with Gasteiger partial charge in [-0.3, -0.25) is 9.78 Å². The maximum absolute atomic E-state index is 14.2. The quantitative estimate of drug-likeness (QED) is 0.599. The normalized spacial score (nSPS) is 10.9. The van der Waals surface area contributed by atoms with E-state index >= 15 is 0 Å². The average molecular weight is 362 g/mol. The van der Waals surface area contributed by atoms with E-state index in [1.165, 1.54) is 6.07 Å². The number of aromatic nitrogens is 3. The summed E-state index contributed by atoms with van der Waals surface area (Å²) in [5.41, 5.74) is 2.38. The van der Waals surface area contributed by atoms with Gasteiger partial charge >= 0.3 is 0 Å². The van der Waals surface area contributed by atoms with Crippen molar-refractivity contribution in [3.05, 3.63) is 77.5 Å². The lowest BCUT2D eigenvalue weighted by Crippen LogP contribution is -2.23. The second-order valence-electron chi connectivity index (χ2n) is 5.99.